The van der Waals surface area contributed by atoms with Crippen LogP contribution >= 0.6 is 39.3 Å². The lowest BCUT2D eigenvalue weighted by atomic mass is 9.64. The van der Waals surface area contributed by atoms with E-state index in [0.29, 0.717) is 28.6 Å². The molecule has 1 fully saturated rings. The summed E-state index contributed by atoms with van der Waals surface area (Å²) in [7, 11) is 0. The zero-order valence-electron chi connectivity index (χ0n) is 18.5. The van der Waals surface area contributed by atoms with Crippen molar-refractivity contribution in [1.82, 2.24) is 19.5 Å². The second kappa shape index (κ2) is 9.04. The lowest BCUT2D eigenvalue weighted by Crippen LogP contribution is -2.38. The fourth-order valence-corrected chi connectivity index (χ4v) is 6.04. The van der Waals surface area contributed by atoms with Gasteiger partial charge >= 0.3 is 0 Å². The number of anilines is 1. The van der Waals surface area contributed by atoms with Crippen molar-refractivity contribution in [3.63, 3.8) is 0 Å². The van der Waals surface area contributed by atoms with E-state index < -0.39 is 6.29 Å². The van der Waals surface area contributed by atoms with Crippen LogP contribution in [0.25, 0.3) is 11.2 Å². The van der Waals surface area contributed by atoms with Crippen molar-refractivity contribution in [3.05, 3.63) is 86.8 Å². The predicted octanol–water partition coefficient (Wildman–Crippen LogP) is 6.58. The number of thioether (sulfide) groups is 1. The number of benzene rings is 2. The molecule has 0 amide bonds. The van der Waals surface area contributed by atoms with Crippen LogP contribution in [0.2, 0.25) is 5.02 Å². The third kappa shape index (κ3) is 4.15. The summed E-state index contributed by atoms with van der Waals surface area (Å²) >= 11 is 11.1. The predicted molar refractivity (Wildman–Crippen MR) is 140 cm³/mol. The molecule has 4 aromatic rings. The lowest BCUT2D eigenvalue weighted by Gasteiger charge is -2.43. The van der Waals surface area contributed by atoms with E-state index in [1.807, 2.05) is 36.4 Å². The minimum atomic E-state index is -0.525. The maximum absolute atomic E-state index is 6.17. The number of imidazole rings is 1. The van der Waals surface area contributed by atoms with Gasteiger partial charge in [0.25, 0.3) is 6.29 Å². The van der Waals surface area contributed by atoms with E-state index in [1.165, 1.54) is 30.1 Å². The van der Waals surface area contributed by atoms with E-state index >= 15 is 0 Å². The molecule has 1 unspecified atom stereocenters. The standard InChI is InChI=1S/C25H21BrClN5O2S/c26-18-5-2-1-4-17(18)23-33-12-19(34-23)35-24-31-20-21(28)29-14-30-22(20)32(24)13-25(10-3-11-25)15-6-8-16(27)9-7-15/h1-2,4-9,12,14,23H,3,10-11,13H2,(H2,28,29,30). The minimum Gasteiger partial charge on any atom is -0.454 e. The van der Waals surface area contributed by atoms with E-state index in [-0.39, 0.29) is 5.41 Å². The summed E-state index contributed by atoms with van der Waals surface area (Å²) in [6, 6.07) is 16.0. The molecule has 3 heterocycles. The van der Waals surface area contributed by atoms with Crippen LogP contribution < -0.4 is 5.73 Å². The number of nitrogens with zero attached hydrogens (tertiary/aromatic N) is 4. The molecule has 2 aliphatic rings. The van der Waals surface area contributed by atoms with E-state index in [9.17, 15) is 0 Å². The van der Waals surface area contributed by atoms with E-state index in [2.05, 4.69) is 42.6 Å². The first-order valence-corrected chi connectivity index (χ1v) is 13.2. The molecule has 1 aliphatic heterocycles. The van der Waals surface area contributed by atoms with Gasteiger partial charge < -0.3 is 19.8 Å². The van der Waals surface area contributed by atoms with Crippen molar-refractivity contribution < 1.29 is 9.47 Å². The van der Waals surface area contributed by atoms with Gasteiger partial charge in [-0.2, -0.15) is 0 Å². The molecule has 178 valence electrons. The summed E-state index contributed by atoms with van der Waals surface area (Å²) in [4.78, 5) is 13.5. The Labute approximate surface area is 219 Å². The smallest absolute Gasteiger partial charge is 0.268 e. The molecule has 7 nitrogen and oxygen atoms in total. The van der Waals surface area contributed by atoms with Crippen molar-refractivity contribution >= 4 is 56.3 Å². The number of ether oxygens (including phenoxy) is 2. The summed E-state index contributed by atoms with van der Waals surface area (Å²) in [6.07, 6.45) is 5.91. The fourth-order valence-electron chi connectivity index (χ4n) is 4.62. The number of halogens is 2. The molecule has 2 aromatic carbocycles. The summed E-state index contributed by atoms with van der Waals surface area (Å²) in [5.41, 5.74) is 9.63. The molecule has 1 atom stereocenters. The first-order chi connectivity index (χ1) is 17.0. The van der Waals surface area contributed by atoms with E-state index in [0.717, 1.165) is 33.1 Å². The number of rotatable bonds is 6. The van der Waals surface area contributed by atoms with Crippen molar-refractivity contribution in [2.45, 2.75) is 42.7 Å². The zero-order valence-corrected chi connectivity index (χ0v) is 21.7. The van der Waals surface area contributed by atoms with Crippen LogP contribution in [0.3, 0.4) is 0 Å². The summed E-state index contributed by atoms with van der Waals surface area (Å²) < 4.78 is 15.0. The number of nitrogen functional groups attached to an aromatic ring is 1. The molecule has 10 heteroatoms. The Bertz CT molecular complexity index is 1440. The number of hydrogen-bond acceptors (Lipinski definition) is 7. The highest BCUT2D eigenvalue weighted by Gasteiger charge is 2.40. The lowest BCUT2D eigenvalue weighted by molar-refractivity contribution is -0.0279. The van der Waals surface area contributed by atoms with Gasteiger partial charge in [-0.25, -0.2) is 15.0 Å². The van der Waals surface area contributed by atoms with Crippen molar-refractivity contribution in [2.24, 2.45) is 0 Å². The van der Waals surface area contributed by atoms with Crippen LogP contribution in [0.15, 0.2) is 75.8 Å². The van der Waals surface area contributed by atoms with Crippen molar-refractivity contribution in [3.8, 4) is 0 Å². The third-order valence-corrected chi connectivity index (χ3v) is 8.48. The van der Waals surface area contributed by atoms with Crippen LogP contribution in [0.1, 0.15) is 36.7 Å². The van der Waals surface area contributed by atoms with Crippen LogP contribution in [0, 0.1) is 0 Å². The first kappa shape index (κ1) is 22.7. The summed E-state index contributed by atoms with van der Waals surface area (Å²) in [5.74, 6) is 0.355. The second-order valence-corrected chi connectivity index (χ2v) is 11.0. The first-order valence-electron chi connectivity index (χ1n) is 11.2. The van der Waals surface area contributed by atoms with Gasteiger partial charge in [0, 0.05) is 27.0 Å². The highest BCUT2D eigenvalue weighted by Crippen LogP contribution is 2.47. The van der Waals surface area contributed by atoms with Gasteiger partial charge in [-0.3, -0.25) is 0 Å². The van der Waals surface area contributed by atoms with Gasteiger partial charge in [-0.05, 0) is 48.4 Å². The van der Waals surface area contributed by atoms with E-state index in [1.54, 1.807) is 6.26 Å². The molecular weight excluding hydrogens is 550 g/mol. The highest BCUT2D eigenvalue weighted by molar-refractivity contribution is 9.10. The Hall–Kier alpha value is -2.75. The van der Waals surface area contributed by atoms with Gasteiger partial charge in [0.2, 0.25) is 5.09 Å². The molecule has 0 spiro atoms. The molecular formula is C25H21BrClN5O2S. The van der Waals surface area contributed by atoms with Gasteiger partial charge in [-0.15, -0.1) is 0 Å². The van der Waals surface area contributed by atoms with Gasteiger partial charge in [0.1, 0.15) is 12.6 Å². The maximum Gasteiger partial charge on any atom is 0.268 e. The molecule has 35 heavy (non-hydrogen) atoms. The molecule has 2 aromatic heterocycles. The monoisotopic (exact) mass is 569 g/mol. The zero-order chi connectivity index (χ0) is 24.0. The number of nitrogens with two attached hydrogens (primary N) is 1. The average Bonchev–Trinajstić information content (AvgIpc) is 3.43. The molecule has 0 saturated heterocycles. The quantitative estimate of drug-likeness (QED) is 0.280. The Morgan fingerprint density at radius 2 is 1.94 bits per heavy atom. The highest BCUT2D eigenvalue weighted by atomic mass is 79.9. The molecule has 2 N–H and O–H groups in total. The number of fused-ring (bicyclic) bond motifs is 1. The van der Waals surface area contributed by atoms with Crippen LogP contribution in [-0.4, -0.2) is 19.5 Å². The van der Waals surface area contributed by atoms with Crippen LogP contribution in [0.4, 0.5) is 5.82 Å². The fraction of sp³-hybridized carbons (Fsp3) is 0.240. The third-order valence-electron chi connectivity index (χ3n) is 6.62. The SMILES string of the molecule is Nc1ncnc2c1nc(SC1=COC(c3ccccc3Br)O1)n2CC1(c2ccc(Cl)cc2)CCC1. The molecule has 0 bridgehead atoms. The molecule has 0 radical (unpaired) electrons. The Kier molecular flexibility index (Phi) is 5.86. The number of aromatic nitrogens is 4. The second-order valence-electron chi connectivity index (χ2n) is 8.70. The summed E-state index contributed by atoms with van der Waals surface area (Å²) in [5, 5.41) is 2.08. The molecule has 6 rings (SSSR count). The maximum atomic E-state index is 6.17. The Morgan fingerprint density at radius 1 is 1.14 bits per heavy atom. The van der Waals surface area contributed by atoms with Gasteiger partial charge in [-0.1, -0.05) is 64.3 Å². The normalized spacial score (nSPS) is 18.6. The van der Waals surface area contributed by atoms with Crippen molar-refractivity contribution in [1.29, 1.82) is 0 Å². The van der Waals surface area contributed by atoms with E-state index in [4.69, 9.17) is 31.8 Å². The average molecular weight is 571 g/mol. The topological polar surface area (TPSA) is 88.1 Å². The molecule has 1 aliphatic carbocycles. The molecule has 1 saturated carbocycles. The number of hydrogen-bond donors (Lipinski definition) is 1. The minimum absolute atomic E-state index is 0.0217. The van der Waals surface area contributed by atoms with Gasteiger partial charge in [0.15, 0.2) is 22.1 Å². The largest absolute Gasteiger partial charge is 0.454 e. The van der Waals surface area contributed by atoms with Crippen LogP contribution in [0.5, 0.6) is 0 Å². The van der Waals surface area contributed by atoms with Crippen molar-refractivity contribution in [2.75, 3.05) is 5.73 Å². The Morgan fingerprint density at radius 3 is 2.69 bits per heavy atom. The Balaban J connectivity index is 1.33. The van der Waals surface area contributed by atoms with Gasteiger partial charge in [0.05, 0.1) is 0 Å². The summed E-state index contributed by atoms with van der Waals surface area (Å²) in [6.45, 7) is 0.714. The van der Waals surface area contributed by atoms with Crippen LogP contribution in [-0.2, 0) is 21.4 Å².